The van der Waals surface area contributed by atoms with Gasteiger partial charge < -0.3 is 20.8 Å². The fraction of sp³-hybridized carbons (Fsp3) is 0.250. The summed E-state index contributed by atoms with van der Waals surface area (Å²) in [5.74, 6) is 0. The van der Waals surface area contributed by atoms with Gasteiger partial charge in [0.15, 0.2) is 0 Å². The number of anilines is 1. The van der Waals surface area contributed by atoms with Crippen LogP contribution in [0, 0.1) is 0 Å². The maximum atomic E-state index is 6.62. The molecule has 3 aromatic rings. The summed E-state index contributed by atoms with van der Waals surface area (Å²) in [6.45, 7) is 1.52. The van der Waals surface area contributed by atoms with Crippen molar-refractivity contribution in [2.75, 3.05) is 18.9 Å². The summed E-state index contributed by atoms with van der Waals surface area (Å²) in [5.41, 5.74) is 16.5. The van der Waals surface area contributed by atoms with Crippen molar-refractivity contribution in [3.63, 3.8) is 0 Å². The second-order valence-electron chi connectivity index (χ2n) is 6.60. The van der Waals surface area contributed by atoms with Gasteiger partial charge in [-0.2, -0.15) is 0 Å². The Labute approximate surface area is 162 Å². The minimum atomic E-state index is 0.345. The van der Waals surface area contributed by atoms with Crippen molar-refractivity contribution in [2.24, 2.45) is 5.73 Å². The Morgan fingerprint density at radius 2 is 1.96 bits per heavy atom. The van der Waals surface area contributed by atoms with Crippen molar-refractivity contribution in [1.29, 1.82) is 0 Å². The number of benzene rings is 2. The summed E-state index contributed by atoms with van der Waals surface area (Å²) in [4.78, 5) is 0.391. The molecule has 1 aliphatic rings. The van der Waals surface area contributed by atoms with Gasteiger partial charge in [-0.25, -0.2) is 0 Å². The Bertz CT molecular complexity index is 992. The molecule has 6 heteroatoms. The molecule has 0 bridgehead atoms. The molecule has 4 N–H and O–H groups in total. The average molecular weight is 386 g/mol. The van der Waals surface area contributed by atoms with E-state index in [0.717, 1.165) is 53.6 Å². The van der Waals surface area contributed by atoms with E-state index in [1.165, 1.54) is 0 Å². The molecule has 2 aromatic carbocycles. The second kappa shape index (κ2) is 6.91. The van der Waals surface area contributed by atoms with Gasteiger partial charge >= 0.3 is 0 Å². The smallest absolute Gasteiger partial charge is 0.104 e. The van der Waals surface area contributed by atoms with Crippen molar-refractivity contribution < 1.29 is 4.74 Å². The predicted octanol–water partition coefficient (Wildman–Crippen LogP) is 4.53. The van der Waals surface area contributed by atoms with Gasteiger partial charge in [-0.1, -0.05) is 48.1 Å². The van der Waals surface area contributed by atoms with E-state index in [1.807, 2.05) is 30.3 Å². The summed E-state index contributed by atoms with van der Waals surface area (Å²) in [6, 6.07) is 12.2. The van der Waals surface area contributed by atoms with Crippen LogP contribution in [0.4, 0.5) is 5.69 Å². The highest BCUT2D eigenvalue weighted by atomic mass is 35.5. The zero-order valence-electron chi connectivity index (χ0n) is 14.2. The normalized spacial score (nSPS) is 15.4. The molecule has 1 aromatic heterocycles. The quantitative estimate of drug-likeness (QED) is 0.513. The Morgan fingerprint density at radius 3 is 2.69 bits per heavy atom. The van der Waals surface area contributed by atoms with Crippen molar-refractivity contribution >= 4 is 45.4 Å². The molecule has 1 aliphatic heterocycles. The molecular weight excluding hydrogens is 366 g/mol. The molecule has 0 unspecified atom stereocenters. The van der Waals surface area contributed by atoms with Crippen molar-refractivity contribution in [3.05, 3.63) is 53.2 Å². The summed E-state index contributed by atoms with van der Waals surface area (Å²) >= 11 is 11.7. The fourth-order valence-electron chi connectivity index (χ4n) is 3.64. The first-order valence-corrected chi connectivity index (χ1v) is 9.41. The average Bonchev–Trinajstić information content (AvgIpc) is 3.06. The maximum Gasteiger partial charge on any atom is 0.104 e. The van der Waals surface area contributed by atoms with Gasteiger partial charge in [0, 0.05) is 42.0 Å². The van der Waals surface area contributed by atoms with Gasteiger partial charge in [-0.05, 0) is 30.5 Å². The molecule has 0 aliphatic carbocycles. The third-order valence-corrected chi connectivity index (χ3v) is 5.64. The van der Waals surface area contributed by atoms with Crippen LogP contribution in [0.5, 0.6) is 0 Å². The number of hydrogen-bond acceptors (Lipinski definition) is 3. The van der Waals surface area contributed by atoms with Crippen LogP contribution in [-0.4, -0.2) is 22.8 Å². The molecule has 0 spiro atoms. The van der Waals surface area contributed by atoms with E-state index in [1.54, 1.807) is 0 Å². The molecule has 2 heterocycles. The molecule has 0 saturated carbocycles. The van der Waals surface area contributed by atoms with Crippen molar-refractivity contribution in [2.45, 2.75) is 18.9 Å². The third kappa shape index (κ3) is 2.96. The molecule has 134 valence electrons. The van der Waals surface area contributed by atoms with E-state index in [-0.39, 0.29) is 0 Å². The molecular formula is C20H20ClN3OS. The Morgan fingerprint density at radius 1 is 1.19 bits per heavy atom. The molecule has 4 rings (SSSR count). The van der Waals surface area contributed by atoms with Gasteiger partial charge in [0.1, 0.15) is 4.99 Å². The van der Waals surface area contributed by atoms with Crippen LogP contribution in [0.25, 0.3) is 22.0 Å². The lowest BCUT2D eigenvalue weighted by Crippen LogP contribution is -2.19. The number of fused-ring (bicyclic) bond motifs is 1. The first kappa shape index (κ1) is 17.3. The Kier molecular flexibility index (Phi) is 4.61. The lowest BCUT2D eigenvalue weighted by Gasteiger charge is -2.25. The van der Waals surface area contributed by atoms with Crippen LogP contribution in [0.15, 0.2) is 42.6 Å². The summed E-state index contributed by atoms with van der Waals surface area (Å²) in [7, 11) is 0. The van der Waals surface area contributed by atoms with E-state index >= 15 is 0 Å². The molecule has 0 radical (unpaired) electrons. The fourth-order valence-corrected chi connectivity index (χ4v) is 4.03. The van der Waals surface area contributed by atoms with E-state index in [0.29, 0.717) is 21.7 Å². The van der Waals surface area contributed by atoms with Crippen LogP contribution in [0.1, 0.15) is 24.4 Å². The largest absolute Gasteiger partial charge is 0.397 e. The lowest BCUT2D eigenvalue weighted by molar-refractivity contribution is 0.0707. The number of nitrogens with zero attached hydrogens (tertiary/aromatic N) is 1. The van der Waals surface area contributed by atoms with Crippen LogP contribution >= 0.6 is 23.8 Å². The monoisotopic (exact) mass is 385 g/mol. The third-order valence-electron chi connectivity index (χ3n) is 5.00. The molecule has 0 amide bonds. The van der Waals surface area contributed by atoms with Crippen molar-refractivity contribution in [1.82, 2.24) is 4.57 Å². The molecule has 1 fully saturated rings. The zero-order valence-corrected chi connectivity index (χ0v) is 15.8. The van der Waals surface area contributed by atoms with Gasteiger partial charge in [-0.15, -0.1) is 0 Å². The van der Waals surface area contributed by atoms with Gasteiger partial charge in [0.2, 0.25) is 0 Å². The highest BCUT2D eigenvalue weighted by Crippen LogP contribution is 2.40. The Hall–Kier alpha value is -2.08. The highest BCUT2D eigenvalue weighted by molar-refractivity contribution is 7.80. The number of rotatable bonds is 3. The van der Waals surface area contributed by atoms with Gasteiger partial charge in [0.25, 0.3) is 0 Å². The summed E-state index contributed by atoms with van der Waals surface area (Å²) in [6.07, 6.45) is 4.09. The highest BCUT2D eigenvalue weighted by Gasteiger charge is 2.22. The number of aromatic nitrogens is 1. The van der Waals surface area contributed by atoms with E-state index in [2.05, 4.69) is 16.8 Å². The number of nitrogens with two attached hydrogens (primary N) is 2. The summed E-state index contributed by atoms with van der Waals surface area (Å²) < 4.78 is 7.78. The zero-order chi connectivity index (χ0) is 18.3. The van der Waals surface area contributed by atoms with Crippen LogP contribution in [0.2, 0.25) is 5.02 Å². The standard InChI is InChI=1S/C20H20ClN3OS/c21-18-17(22)5-4-15-16(12-2-1-3-13(10-12)20(23)26)11-24(19(15)18)14-6-8-25-9-7-14/h1-5,10-11,14H,6-9,22H2,(H2,23,26). The number of halogens is 1. The number of thiocarbonyl (C=S) groups is 1. The molecule has 1 saturated heterocycles. The first-order valence-electron chi connectivity index (χ1n) is 8.63. The predicted molar refractivity (Wildman–Crippen MR) is 112 cm³/mol. The molecule has 0 atom stereocenters. The topological polar surface area (TPSA) is 66.2 Å². The van der Waals surface area contributed by atoms with Gasteiger partial charge in [-0.3, -0.25) is 0 Å². The Balaban J connectivity index is 1.94. The van der Waals surface area contributed by atoms with Crippen molar-refractivity contribution in [3.8, 4) is 11.1 Å². The van der Waals surface area contributed by atoms with E-state index in [9.17, 15) is 0 Å². The number of hydrogen-bond donors (Lipinski definition) is 2. The van der Waals surface area contributed by atoms with Crippen LogP contribution in [0.3, 0.4) is 0 Å². The second-order valence-corrected chi connectivity index (χ2v) is 7.42. The lowest BCUT2D eigenvalue weighted by atomic mass is 10.0. The maximum absolute atomic E-state index is 6.62. The molecule has 4 nitrogen and oxygen atoms in total. The van der Waals surface area contributed by atoms with Gasteiger partial charge in [0.05, 0.1) is 16.2 Å². The SMILES string of the molecule is NC(=S)c1cccc(-c2cn(C3CCOCC3)c3c(Cl)c(N)ccc23)c1. The minimum absolute atomic E-state index is 0.345. The van der Waals surface area contributed by atoms with Crippen LogP contribution < -0.4 is 11.5 Å². The van der Waals surface area contributed by atoms with E-state index < -0.39 is 0 Å². The molecule has 26 heavy (non-hydrogen) atoms. The number of ether oxygens (including phenoxy) is 1. The summed E-state index contributed by atoms with van der Waals surface area (Å²) in [5, 5.41) is 1.68. The first-order chi connectivity index (χ1) is 12.6. The number of nitrogen functional groups attached to an aromatic ring is 1. The van der Waals surface area contributed by atoms with Crippen LogP contribution in [-0.2, 0) is 4.74 Å². The minimum Gasteiger partial charge on any atom is -0.397 e. The van der Waals surface area contributed by atoms with E-state index in [4.69, 9.17) is 40.0 Å².